The molecule has 0 aliphatic heterocycles. The first kappa shape index (κ1) is 13.8. The molecule has 102 valence electrons. The molecule has 20 heavy (non-hydrogen) atoms. The van der Waals surface area contributed by atoms with E-state index in [1.807, 2.05) is 30.3 Å². The van der Waals surface area contributed by atoms with Gasteiger partial charge in [0.15, 0.2) is 0 Å². The van der Waals surface area contributed by atoms with E-state index in [0.717, 1.165) is 5.56 Å². The van der Waals surface area contributed by atoms with Gasteiger partial charge in [-0.05, 0) is 29.7 Å². The minimum atomic E-state index is -1.26. The second-order valence-corrected chi connectivity index (χ2v) is 4.40. The van der Waals surface area contributed by atoms with Gasteiger partial charge in [0.05, 0.1) is 5.97 Å². The Bertz CT molecular complexity index is 608. The molecule has 0 aliphatic rings. The average molecular weight is 268 g/mol. The fourth-order valence-electron chi connectivity index (χ4n) is 1.85. The van der Waals surface area contributed by atoms with E-state index in [1.54, 1.807) is 12.1 Å². The summed E-state index contributed by atoms with van der Waals surface area (Å²) in [6.45, 7) is 0. The van der Waals surface area contributed by atoms with E-state index in [2.05, 4.69) is 5.32 Å². The van der Waals surface area contributed by atoms with Crippen molar-refractivity contribution in [2.45, 2.75) is 12.8 Å². The minimum absolute atomic E-state index is 0.0471. The number of anilines is 1. The zero-order chi connectivity index (χ0) is 14.4. The van der Waals surface area contributed by atoms with Crippen LogP contribution in [0.5, 0.6) is 0 Å². The fourth-order valence-corrected chi connectivity index (χ4v) is 1.85. The van der Waals surface area contributed by atoms with Crippen LogP contribution < -0.4 is 10.4 Å². The van der Waals surface area contributed by atoms with Crippen LogP contribution in [-0.2, 0) is 11.2 Å². The number of benzene rings is 2. The van der Waals surface area contributed by atoms with Gasteiger partial charge in [-0.1, -0.05) is 42.5 Å². The zero-order valence-electron chi connectivity index (χ0n) is 10.8. The molecule has 2 aromatic rings. The third-order valence-corrected chi connectivity index (χ3v) is 2.87. The van der Waals surface area contributed by atoms with Crippen LogP contribution in [0.1, 0.15) is 22.3 Å². The summed E-state index contributed by atoms with van der Waals surface area (Å²) in [4.78, 5) is 22.5. The van der Waals surface area contributed by atoms with Gasteiger partial charge < -0.3 is 15.2 Å². The SMILES string of the molecule is O=C(CCc1ccccc1)Nc1cccc(C(=O)[O-])c1. The number of carboxylic acid groups (broad SMARTS) is 1. The van der Waals surface area contributed by atoms with Crippen LogP contribution >= 0.6 is 0 Å². The Balaban J connectivity index is 1.91. The van der Waals surface area contributed by atoms with Gasteiger partial charge in [-0.25, -0.2) is 0 Å². The predicted molar refractivity (Wildman–Crippen MR) is 74.2 cm³/mol. The summed E-state index contributed by atoms with van der Waals surface area (Å²) in [6, 6.07) is 15.7. The lowest BCUT2D eigenvalue weighted by atomic mass is 10.1. The molecule has 0 fully saturated rings. The average Bonchev–Trinajstić information content (AvgIpc) is 2.46. The molecule has 0 aromatic heterocycles. The maximum atomic E-state index is 11.8. The highest BCUT2D eigenvalue weighted by atomic mass is 16.4. The fraction of sp³-hybridized carbons (Fsp3) is 0.125. The second-order valence-electron chi connectivity index (χ2n) is 4.40. The lowest BCUT2D eigenvalue weighted by molar-refractivity contribution is -0.255. The number of carbonyl (C=O) groups excluding carboxylic acids is 2. The molecule has 2 rings (SSSR count). The van der Waals surface area contributed by atoms with Crippen molar-refractivity contribution >= 4 is 17.6 Å². The lowest BCUT2D eigenvalue weighted by Gasteiger charge is -2.08. The predicted octanol–water partition coefficient (Wildman–Crippen LogP) is 1.62. The Morgan fingerprint density at radius 3 is 2.45 bits per heavy atom. The molecule has 0 bridgehead atoms. The van der Waals surface area contributed by atoms with E-state index in [-0.39, 0.29) is 11.5 Å². The summed E-state index contributed by atoms with van der Waals surface area (Å²) < 4.78 is 0. The third-order valence-electron chi connectivity index (χ3n) is 2.87. The van der Waals surface area contributed by atoms with E-state index in [0.29, 0.717) is 18.5 Å². The molecule has 4 heteroatoms. The highest BCUT2D eigenvalue weighted by Gasteiger charge is 2.04. The molecule has 1 amide bonds. The van der Waals surface area contributed by atoms with Crippen molar-refractivity contribution in [1.29, 1.82) is 0 Å². The van der Waals surface area contributed by atoms with Gasteiger partial charge in [-0.2, -0.15) is 0 Å². The van der Waals surface area contributed by atoms with E-state index < -0.39 is 5.97 Å². The highest BCUT2D eigenvalue weighted by molar-refractivity contribution is 5.93. The van der Waals surface area contributed by atoms with Crippen molar-refractivity contribution in [3.05, 3.63) is 65.7 Å². The summed E-state index contributed by atoms with van der Waals surface area (Å²) in [5.41, 5.74) is 1.60. The molecular formula is C16H14NO3-. The van der Waals surface area contributed by atoms with Crippen molar-refractivity contribution in [3.63, 3.8) is 0 Å². The van der Waals surface area contributed by atoms with Crippen molar-refractivity contribution in [2.75, 3.05) is 5.32 Å². The molecule has 0 saturated heterocycles. The molecule has 0 unspecified atom stereocenters. The second kappa shape index (κ2) is 6.52. The Labute approximate surface area is 117 Å². The highest BCUT2D eigenvalue weighted by Crippen LogP contribution is 2.11. The van der Waals surface area contributed by atoms with Gasteiger partial charge in [0, 0.05) is 12.1 Å². The van der Waals surface area contributed by atoms with Gasteiger partial charge in [-0.3, -0.25) is 4.79 Å². The molecule has 4 nitrogen and oxygen atoms in total. The summed E-state index contributed by atoms with van der Waals surface area (Å²) >= 11 is 0. The summed E-state index contributed by atoms with van der Waals surface area (Å²) in [6.07, 6.45) is 0.992. The van der Waals surface area contributed by atoms with Crippen LogP contribution in [0, 0.1) is 0 Å². The summed E-state index contributed by atoms with van der Waals surface area (Å²) in [5.74, 6) is -1.41. The van der Waals surface area contributed by atoms with Crippen LogP contribution in [0.4, 0.5) is 5.69 Å². The van der Waals surface area contributed by atoms with Gasteiger partial charge in [0.25, 0.3) is 0 Å². The van der Waals surface area contributed by atoms with Gasteiger partial charge >= 0.3 is 0 Å². The largest absolute Gasteiger partial charge is 0.545 e. The molecular weight excluding hydrogens is 254 g/mol. The van der Waals surface area contributed by atoms with Crippen LogP contribution in [0.25, 0.3) is 0 Å². The minimum Gasteiger partial charge on any atom is -0.545 e. The number of carbonyl (C=O) groups is 2. The number of aryl methyl sites for hydroxylation is 1. The Hall–Kier alpha value is -2.62. The van der Waals surface area contributed by atoms with E-state index in [9.17, 15) is 14.7 Å². The zero-order valence-corrected chi connectivity index (χ0v) is 10.8. The number of hydrogen-bond acceptors (Lipinski definition) is 3. The number of nitrogens with one attached hydrogen (secondary N) is 1. The number of hydrogen-bond donors (Lipinski definition) is 1. The summed E-state index contributed by atoms with van der Waals surface area (Å²) in [7, 11) is 0. The van der Waals surface area contributed by atoms with E-state index >= 15 is 0 Å². The lowest BCUT2D eigenvalue weighted by Crippen LogP contribution is -2.22. The van der Waals surface area contributed by atoms with Crippen LogP contribution in [-0.4, -0.2) is 11.9 Å². The van der Waals surface area contributed by atoms with Gasteiger partial charge in [0.1, 0.15) is 0 Å². The first-order valence-electron chi connectivity index (χ1n) is 6.30. The Morgan fingerprint density at radius 1 is 1.00 bits per heavy atom. The molecule has 0 spiro atoms. The number of rotatable bonds is 5. The molecule has 0 aliphatic carbocycles. The van der Waals surface area contributed by atoms with Crippen molar-refractivity contribution < 1.29 is 14.7 Å². The maximum absolute atomic E-state index is 11.8. The Morgan fingerprint density at radius 2 is 1.75 bits per heavy atom. The number of amides is 1. The first-order chi connectivity index (χ1) is 9.65. The molecule has 2 aromatic carbocycles. The first-order valence-corrected chi connectivity index (χ1v) is 6.30. The van der Waals surface area contributed by atoms with Crippen molar-refractivity contribution in [1.82, 2.24) is 0 Å². The molecule has 0 atom stereocenters. The summed E-state index contributed by atoms with van der Waals surface area (Å²) in [5, 5.41) is 13.4. The van der Waals surface area contributed by atoms with E-state index in [4.69, 9.17) is 0 Å². The van der Waals surface area contributed by atoms with Crippen molar-refractivity contribution in [3.8, 4) is 0 Å². The van der Waals surface area contributed by atoms with Gasteiger partial charge in [-0.15, -0.1) is 0 Å². The standard InChI is InChI=1S/C16H15NO3/c18-15(10-9-12-5-2-1-3-6-12)17-14-8-4-7-13(11-14)16(19)20/h1-8,11H,9-10H2,(H,17,18)(H,19,20)/p-1. The monoisotopic (exact) mass is 268 g/mol. The van der Waals surface area contributed by atoms with Crippen LogP contribution in [0.3, 0.4) is 0 Å². The third kappa shape index (κ3) is 3.95. The van der Waals surface area contributed by atoms with E-state index in [1.165, 1.54) is 12.1 Å². The van der Waals surface area contributed by atoms with Crippen LogP contribution in [0.15, 0.2) is 54.6 Å². The number of carboxylic acids is 1. The molecule has 1 N–H and O–H groups in total. The van der Waals surface area contributed by atoms with Crippen molar-refractivity contribution in [2.24, 2.45) is 0 Å². The Kier molecular flexibility index (Phi) is 4.50. The number of aromatic carboxylic acids is 1. The normalized spacial score (nSPS) is 10.0. The smallest absolute Gasteiger partial charge is 0.224 e. The molecule has 0 heterocycles. The quantitative estimate of drug-likeness (QED) is 0.895. The molecule has 0 saturated carbocycles. The topological polar surface area (TPSA) is 69.2 Å². The van der Waals surface area contributed by atoms with Gasteiger partial charge in [0.2, 0.25) is 5.91 Å². The molecule has 0 radical (unpaired) electrons. The maximum Gasteiger partial charge on any atom is 0.224 e. The van der Waals surface area contributed by atoms with Crippen LogP contribution in [0.2, 0.25) is 0 Å².